The van der Waals surface area contributed by atoms with E-state index in [9.17, 15) is 18.5 Å². The fourth-order valence-electron chi connectivity index (χ4n) is 2.64. The SMILES string of the molecule is CCCCN1CCn2c(nc3cc([N+](=O)[O-])ccc32)S1(=O)=O. The van der Waals surface area contributed by atoms with Crippen molar-refractivity contribution in [3.05, 3.63) is 28.3 Å². The minimum absolute atomic E-state index is 0.0228. The van der Waals surface area contributed by atoms with Gasteiger partial charge in [-0.2, -0.15) is 4.31 Å². The summed E-state index contributed by atoms with van der Waals surface area (Å²) in [6, 6.07) is 4.24. The fraction of sp³-hybridized carbons (Fsp3) is 0.462. The number of imidazole rings is 1. The van der Waals surface area contributed by atoms with Gasteiger partial charge in [-0.3, -0.25) is 10.1 Å². The van der Waals surface area contributed by atoms with Gasteiger partial charge in [0.2, 0.25) is 5.16 Å². The highest BCUT2D eigenvalue weighted by atomic mass is 32.2. The first-order valence-electron chi connectivity index (χ1n) is 7.10. The number of rotatable bonds is 4. The number of nitrogens with zero attached hydrogens (tertiary/aromatic N) is 4. The third-order valence-electron chi connectivity index (χ3n) is 3.81. The molecule has 1 aliphatic heterocycles. The molecule has 0 unspecified atom stereocenters. The Morgan fingerprint density at radius 3 is 2.82 bits per heavy atom. The topological polar surface area (TPSA) is 98.3 Å². The van der Waals surface area contributed by atoms with Crippen molar-refractivity contribution in [3.8, 4) is 0 Å². The minimum atomic E-state index is -3.63. The third-order valence-corrected chi connectivity index (χ3v) is 5.63. The number of nitro groups is 1. The second-order valence-electron chi connectivity index (χ2n) is 5.23. The summed E-state index contributed by atoms with van der Waals surface area (Å²) in [7, 11) is -3.63. The van der Waals surface area contributed by atoms with Crippen LogP contribution in [-0.2, 0) is 16.6 Å². The lowest BCUT2D eigenvalue weighted by molar-refractivity contribution is -0.384. The maximum Gasteiger partial charge on any atom is 0.277 e. The zero-order valence-electron chi connectivity index (χ0n) is 12.1. The standard InChI is InChI=1S/C13H16N4O4S/c1-2-3-6-15-7-8-16-12-5-4-10(17(18)19)9-11(12)14-13(16)22(15,20)21/h4-5,9H,2-3,6-8H2,1H3. The van der Waals surface area contributed by atoms with Gasteiger partial charge in [-0.1, -0.05) is 13.3 Å². The zero-order valence-corrected chi connectivity index (χ0v) is 12.9. The van der Waals surface area contributed by atoms with Gasteiger partial charge in [0.25, 0.3) is 15.7 Å². The van der Waals surface area contributed by atoms with Gasteiger partial charge in [-0.05, 0) is 12.5 Å². The number of aromatic nitrogens is 2. The smallest absolute Gasteiger partial charge is 0.277 e. The molecule has 2 aromatic rings. The lowest BCUT2D eigenvalue weighted by atomic mass is 10.3. The van der Waals surface area contributed by atoms with Crippen molar-refractivity contribution in [2.75, 3.05) is 13.1 Å². The van der Waals surface area contributed by atoms with Gasteiger partial charge in [0, 0.05) is 31.8 Å². The average molecular weight is 324 g/mol. The predicted octanol–water partition coefficient (Wildman–Crippen LogP) is 1.75. The van der Waals surface area contributed by atoms with E-state index in [-0.39, 0.29) is 10.8 Å². The Labute approximate surface area is 127 Å². The molecule has 0 N–H and O–H groups in total. The van der Waals surface area contributed by atoms with E-state index < -0.39 is 14.9 Å². The van der Waals surface area contributed by atoms with Crippen molar-refractivity contribution in [1.82, 2.24) is 13.9 Å². The van der Waals surface area contributed by atoms with Gasteiger partial charge in [0.1, 0.15) is 0 Å². The summed E-state index contributed by atoms with van der Waals surface area (Å²) in [5.74, 6) is 0. The van der Waals surface area contributed by atoms with Gasteiger partial charge >= 0.3 is 0 Å². The molecule has 0 spiro atoms. The number of non-ortho nitro benzene ring substituents is 1. The predicted molar refractivity (Wildman–Crippen MR) is 80.1 cm³/mol. The molecule has 2 heterocycles. The van der Waals surface area contributed by atoms with Crippen molar-refractivity contribution >= 4 is 26.7 Å². The molecule has 0 amide bonds. The van der Waals surface area contributed by atoms with Crippen molar-refractivity contribution in [3.63, 3.8) is 0 Å². The van der Waals surface area contributed by atoms with Crippen molar-refractivity contribution in [2.24, 2.45) is 0 Å². The summed E-state index contributed by atoms with van der Waals surface area (Å²) in [4.78, 5) is 14.5. The van der Waals surface area contributed by atoms with E-state index in [2.05, 4.69) is 4.98 Å². The molecule has 1 aromatic heterocycles. The quantitative estimate of drug-likeness (QED) is 0.630. The highest BCUT2D eigenvalue weighted by Gasteiger charge is 2.34. The minimum Gasteiger partial charge on any atom is -0.312 e. The van der Waals surface area contributed by atoms with Gasteiger partial charge in [0.15, 0.2) is 0 Å². The second kappa shape index (κ2) is 5.33. The molecule has 9 heteroatoms. The van der Waals surface area contributed by atoms with Crippen LogP contribution in [0, 0.1) is 10.1 Å². The lowest BCUT2D eigenvalue weighted by Gasteiger charge is -2.26. The number of sulfonamides is 1. The fourth-order valence-corrected chi connectivity index (χ4v) is 4.24. The first-order valence-corrected chi connectivity index (χ1v) is 8.54. The Balaban J connectivity index is 2.10. The number of fused-ring (bicyclic) bond motifs is 3. The van der Waals surface area contributed by atoms with Crippen LogP contribution < -0.4 is 0 Å². The molecule has 0 atom stereocenters. The summed E-state index contributed by atoms with van der Waals surface area (Å²) in [6.45, 7) is 3.39. The average Bonchev–Trinajstić information content (AvgIpc) is 2.85. The first-order chi connectivity index (χ1) is 10.4. The molecule has 22 heavy (non-hydrogen) atoms. The van der Waals surface area contributed by atoms with Gasteiger partial charge < -0.3 is 4.57 Å². The van der Waals surface area contributed by atoms with E-state index in [0.717, 1.165) is 12.8 Å². The van der Waals surface area contributed by atoms with Crippen LogP contribution in [0.2, 0.25) is 0 Å². The van der Waals surface area contributed by atoms with Crippen LogP contribution in [-0.4, -0.2) is 40.3 Å². The van der Waals surface area contributed by atoms with E-state index in [4.69, 9.17) is 0 Å². The van der Waals surface area contributed by atoms with Gasteiger partial charge in [0.05, 0.1) is 16.0 Å². The Kier molecular flexibility index (Phi) is 3.61. The lowest BCUT2D eigenvalue weighted by Crippen LogP contribution is -2.40. The molecule has 1 aliphatic rings. The summed E-state index contributed by atoms with van der Waals surface area (Å²) in [5.41, 5.74) is 0.854. The molecule has 118 valence electrons. The zero-order chi connectivity index (χ0) is 15.9. The Morgan fingerprint density at radius 1 is 1.36 bits per heavy atom. The summed E-state index contributed by atoms with van der Waals surface area (Å²) in [5, 5.41) is 10.8. The van der Waals surface area contributed by atoms with E-state index in [1.807, 2.05) is 6.92 Å². The Bertz CT molecular complexity index is 843. The monoisotopic (exact) mass is 324 g/mol. The molecule has 3 rings (SSSR count). The summed E-state index contributed by atoms with van der Waals surface area (Å²) in [6.07, 6.45) is 1.71. The molecule has 0 bridgehead atoms. The normalized spacial score (nSPS) is 17.5. The number of hydrogen-bond acceptors (Lipinski definition) is 5. The van der Waals surface area contributed by atoms with Crippen LogP contribution in [0.4, 0.5) is 5.69 Å². The molecule has 8 nitrogen and oxygen atoms in total. The number of nitro benzene ring substituents is 1. The molecule has 0 aliphatic carbocycles. The van der Waals surface area contributed by atoms with E-state index >= 15 is 0 Å². The van der Waals surface area contributed by atoms with Crippen molar-refractivity contribution < 1.29 is 13.3 Å². The van der Waals surface area contributed by atoms with Crippen LogP contribution in [0.5, 0.6) is 0 Å². The van der Waals surface area contributed by atoms with Crippen molar-refractivity contribution in [1.29, 1.82) is 0 Å². The second-order valence-corrected chi connectivity index (χ2v) is 7.07. The highest BCUT2D eigenvalue weighted by molar-refractivity contribution is 7.89. The largest absolute Gasteiger partial charge is 0.312 e. The number of hydrogen-bond donors (Lipinski definition) is 0. The van der Waals surface area contributed by atoms with Crippen LogP contribution >= 0.6 is 0 Å². The maximum atomic E-state index is 12.6. The summed E-state index contributed by atoms with van der Waals surface area (Å²) >= 11 is 0. The van der Waals surface area contributed by atoms with Crippen LogP contribution in [0.25, 0.3) is 11.0 Å². The molecular weight excluding hydrogens is 308 g/mol. The Morgan fingerprint density at radius 2 is 2.14 bits per heavy atom. The molecule has 0 radical (unpaired) electrons. The van der Waals surface area contributed by atoms with E-state index in [1.54, 1.807) is 10.6 Å². The highest BCUT2D eigenvalue weighted by Crippen LogP contribution is 2.28. The van der Waals surface area contributed by atoms with E-state index in [0.29, 0.717) is 30.7 Å². The van der Waals surface area contributed by atoms with E-state index in [1.165, 1.54) is 16.4 Å². The van der Waals surface area contributed by atoms with Crippen LogP contribution in [0.15, 0.2) is 23.4 Å². The third kappa shape index (κ3) is 2.26. The van der Waals surface area contributed by atoms with Crippen molar-refractivity contribution in [2.45, 2.75) is 31.5 Å². The first kappa shape index (κ1) is 14.9. The number of benzene rings is 1. The van der Waals surface area contributed by atoms with Gasteiger partial charge in [-0.15, -0.1) is 0 Å². The summed E-state index contributed by atoms with van der Waals surface area (Å²) < 4.78 is 28.3. The molecule has 0 saturated carbocycles. The molecule has 1 aromatic carbocycles. The molecule has 0 fully saturated rings. The molecule has 0 saturated heterocycles. The van der Waals surface area contributed by atoms with Gasteiger partial charge in [-0.25, -0.2) is 13.4 Å². The molecular formula is C13H16N4O4S. The number of unbranched alkanes of at least 4 members (excludes halogenated alkanes) is 1. The Hall–Kier alpha value is -2.00. The van der Waals surface area contributed by atoms with Crippen LogP contribution in [0.1, 0.15) is 19.8 Å². The maximum absolute atomic E-state index is 12.6. The van der Waals surface area contributed by atoms with Crippen LogP contribution in [0.3, 0.4) is 0 Å².